The van der Waals surface area contributed by atoms with Crippen molar-refractivity contribution < 1.29 is 24.3 Å². The van der Waals surface area contributed by atoms with Crippen LogP contribution in [0.15, 0.2) is 24.3 Å². The van der Waals surface area contributed by atoms with Gasteiger partial charge >= 0.3 is 5.97 Å². The molecule has 1 fully saturated rings. The van der Waals surface area contributed by atoms with Crippen molar-refractivity contribution in [3.05, 3.63) is 35.4 Å². The Morgan fingerprint density at radius 3 is 2.70 bits per heavy atom. The van der Waals surface area contributed by atoms with Gasteiger partial charge in [0, 0.05) is 18.5 Å². The van der Waals surface area contributed by atoms with Crippen LogP contribution in [0.25, 0.3) is 0 Å². The average molecular weight is 319 g/mol. The van der Waals surface area contributed by atoms with E-state index in [1.54, 1.807) is 24.3 Å². The molecule has 2 rings (SSSR count). The first-order valence-corrected chi connectivity index (χ1v) is 7.12. The molecule has 8 heteroatoms. The summed E-state index contributed by atoms with van der Waals surface area (Å²) < 4.78 is 0. The Labute approximate surface area is 132 Å². The first kappa shape index (κ1) is 16.6. The fraction of sp³-hybridized carbons (Fsp3) is 0.333. The normalized spacial score (nSPS) is 17.5. The third-order valence-electron chi connectivity index (χ3n) is 3.44. The van der Waals surface area contributed by atoms with E-state index in [9.17, 15) is 19.2 Å². The first-order chi connectivity index (χ1) is 11.0. The Morgan fingerprint density at radius 1 is 1.26 bits per heavy atom. The summed E-state index contributed by atoms with van der Waals surface area (Å²) in [6, 6.07) is 6.22. The maximum Gasteiger partial charge on any atom is 0.322 e. The van der Waals surface area contributed by atoms with Crippen molar-refractivity contribution in [1.82, 2.24) is 16.0 Å². The number of carboxylic acid groups (broad SMARTS) is 1. The summed E-state index contributed by atoms with van der Waals surface area (Å²) in [4.78, 5) is 45.3. The van der Waals surface area contributed by atoms with Gasteiger partial charge in [0.2, 0.25) is 11.8 Å². The molecule has 4 N–H and O–H groups in total. The van der Waals surface area contributed by atoms with Gasteiger partial charge in [0.15, 0.2) is 0 Å². The number of imide groups is 1. The van der Waals surface area contributed by atoms with Gasteiger partial charge in [0.05, 0.1) is 6.04 Å². The minimum absolute atomic E-state index is 0.253. The molecule has 1 saturated heterocycles. The lowest BCUT2D eigenvalue weighted by molar-refractivity contribution is -0.136. The molecule has 0 spiro atoms. The fourth-order valence-electron chi connectivity index (χ4n) is 2.27. The van der Waals surface area contributed by atoms with Crippen molar-refractivity contribution in [2.75, 3.05) is 6.54 Å². The van der Waals surface area contributed by atoms with Crippen molar-refractivity contribution in [3.8, 4) is 0 Å². The highest BCUT2D eigenvalue weighted by Gasteiger charge is 2.26. The van der Waals surface area contributed by atoms with E-state index in [2.05, 4.69) is 16.0 Å². The molecular weight excluding hydrogens is 302 g/mol. The summed E-state index contributed by atoms with van der Waals surface area (Å²) in [6.45, 7) is -0.212. The van der Waals surface area contributed by atoms with Crippen LogP contribution < -0.4 is 16.0 Å². The van der Waals surface area contributed by atoms with Crippen LogP contribution in [0.4, 0.5) is 0 Å². The van der Waals surface area contributed by atoms with E-state index >= 15 is 0 Å². The third kappa shape index (κ3) is 4.62. The molecule has 1 aliphatic rings. The predicted octanol–water partition coefficient (Wildman–Crippen LogP) is -0.604. The summed E-state index contributed by atoms with van der Waals surface area (Å²) >= 11 is 0. The Hall–Kier alpha value is -2.74. The summed E-state index contributed by atoms with van der Waals surface area (Å²) in [5.74, 6) is -2.29. The van der Waals surface area contributed by atoms with Gasteiger partial charge in [-0.3, -0.25) is 24.5 Å². The Bertz CT molecular complexity index is 644. The number of benzene rings is 1. The highest BCUT2D eigenvalue weighted by atomic mass is 16.4. The fourth-order valence-corrected chi connectivity index (χ4v) is 2.27. The molecule has 23 heavy (non-hydrogen) atoms. The van der Waals surface area contributed by atoms with Crippen LogP contribution in [-0.4, -0.2) is 41.4 Å². The number of carbonyl (C=O) groups is 4. The van der Waals surface area contributed by atoms with Crippen molar-refractivity contribution in [2.45, 2.75) is 25.4 Å². The minimum atomic E-state index is -1.13. The van der Waals surface area contributed by atoms with Crippen molar-refractivity contribution in [1.29, 1.82) is 0 Å². The molecule has 1 aromatic rings. The summed E-state index contributed by atoms with van der Waals surface area (Å²) in [7, 11) is 0. The molecule has 1 aromatic carbocycles. The maximum atomic E-state index is 12.0. The maximum absolute atomic E-state index is 12.0. The van der Waals surface area contributed by atoms with Gasteiger partial charge in [-0.15, -0.1) is 0 Å². The van der Waals surface area contributed by atoms with Crippen LogP contribution in [0.2, 0.25) is 0 Å². The molecule has 0 saturated carbocycles. The number of hydrogen-bond acceptors (Lipinski definition) is 5. The molecule has 0 unspecified atom stereocenters. The van der Waals surface area contributed by atoms with Crippen LogP contribution >= 0.6 is 0 Å². The molecule has 0 aromatic heterocycles. The van der Waals surface area contributed by atoms with E-state index < -0.39 is 24.5 Å². The van der Waals surface area contributed by atoms with Crippen LogP contribution in [0.3, 0.4) is 0 Å². The Balaban J connectivity index is 2.00. The van der Waals surface area contributed by atoms with Gasteiger partial charge in [-0.1, -0.05) is 18.2 Å². The number of aliphatic carboxylic acids is 1. The second kappa shape index (κ2) is 7.50. The second-order valence-electron chi connectivity index (χ2n) is 5.12. The molecular formula is C15H17N3O5. The number of nitrogens with one attached hydrogen (secondary N) is 3. The number of hydrogen-bond donors (Lipinski definition) is 4. The molecule has 1 atom stereocenters. The molecule has 3 amide bonds. The first-order valence-electron chi connectivity index (χ1n) is 7.12. The van der Waals surface area contributed by atoms with Crippen LogP contribution in [0.5, 0.6) is 0 Å². The second-order valence-corrected chi connectivity index (χ2v) is 5.12. The zero-order valence-corrected chi connectivity index (χ0v) is 12.3. The lowest BCUT2D eigenvalue weighted by atomic mass is 10.0. The summed E-state index contributed by atoms with van der Waals surface area (Å²) in [6.07, 6.45) is 0.669. The van der Waals surface area contributed by atoms with Crippen molar-refractivity contribution >= 4 is 23.7 Å². The number of carboxylic acids is 1. The van der Waals surface area contributed by atoms with Gasteiger partial charge in [0.25, 0.3) is 5.91 Å². The smallest absolute Gasteiger partial charge is 0.322 e. The standard InChI is InChI=1S/C15H17N3O5/c19-12-6-5-11(15(23)18-12)16-7-9-3-1-2-4-10(9)14(22)17-8-13(20)21/h1-4,11,16H,5-8H2,(H,17,22)(H,20,21)(H,18,19,23)/t11-/m0/s1. The number of rotatable bonds is 6. The molecule has 0 bridgehead atoms. The number of carbonyl (C=O) groups excluding carboxylic acids is 3. The summed E-state index contributed by atoms with van der Waals surface area (Å²) in [5.41, 5.74) is 0.980. The lowest BCUT2D eigenvalue weighted by Gasteiger charge is -2.22. The molecule has 1 heterocycles. The van der Waals surface area contributed by atoms with Gasteiger partial charge in [0.1, 0.15) is 6.54 Å². The van der Waals surface area contributed by atoms with Crippen LogP contribution in [0.1, 0.15) is 28.8 Å². The zero-order valence-electron chi connectivity index (χ0n) is 12.3. The molecule has 0 aliphatic carbocycles. The third-order valence-corrected chi connectivity index (χ3v) is 3.44. The van der Waals surface area contributed by atoms with E-state index in [0.29, 0.717) is 17.5 Å². The zero-order chi connectivity index (χ0) is 16.8. The molecule has 122 valence electrons. The molecule has 1 aliphatic heterocycles. The van der Waals surface area contributed by atoms with E-state index in [1.165, 1.54) is 0 Å². The Morgan fingerprint density at radius 2 is 2.00 bits per heavy atom. The topological polar surface area (TPSA) is 125 Å². The van der Waals surface area contributed by atoms with E-state index in [4.69, 9.17) is 5.11 Å². The predicted molar refractivity (Wildman–Crippen MR) is 79.4 cm³/mol. The SMILES string of the molecule is O=C(O)CNC(=O)c1ccccc1CN[C@H]1CCC(=O)NC1=O. The van der Waals surface area contributed by atoms with E-state index in [0.717, 1.165) is 0 Å². The average Bonchev–Trinajstić information content (AvgIpc) is 2.52. The van der Waals surface area contributed by atoms with Crippen LogP contribution in [-0.2, 0) is 20.9 Å². The monoisotopic (exact) mass is 319 g/mol. The highest BCUT2D eigenvalue weighted by Crippen LogP contribution is 2.11. The highest BCUT2D eigenvalue weighted by molar-refractivity contribution is 6.00. The molecule has 0 radical (unpaired) electrons. The number of piperidine rings is 1. The Kier molecular flexibility index (Phi) is 5.42. The van der Waals surface area contributed by atoms with Gasteiger partial charge < -0.3 is 15.7 Å². The van der Waals surface area contributed by atoms with E-state index in [1.807, 2.05) is 0 Å². The van der Waals surface area contributed by atoms with E-state index in [-0.39, 0.29) is 24.8 Å². The van der Waals surface area contributed by atoms with Crippen molar-refractivity contribution in [2.24, 2.45) is 0 Å². The minimum Gasteiger partial charge on any atom is -0.480 e. The largest absolute Gasteiger partial charge is 0.480 e. The lowest BCUT2D eigenvalue weighted by Crippen LogP contribution is -2.50. The van der Waals surface area contributed by atoms with Gasteiger partial charge in [-0.05, 0) is 18.1 Å². The van der Waals surface area contributed by atoms with Crippen molar-refractivity contribution in [3.63, 3.8) is 0 Å². The van der Waals surface area contributed by atoms with Gasteiger partial charge in [-0.25, -0.2) is 0 Å². The molecule has 8 nitrogen and oxygen atoms in total. The van der Waals surface area contributed by atoms with Crippen LogP contribution in [0, 0.1) is 0 Å². The number of amides is 3. The van der Waals surface area contributed by atoms with Gasteiger partial charge in [-0.2, -0.15) is 0 Å². The quantitative estimate of drug-likeness (QED) is 0.519. The summed E-state index contributed by atoms with van der Waals surface area (Å²) in [5, 5.41) is 16.2.